The summed E-state index contributed by atoms with van der Waals surface area (Å²) in [4.78, 5) is 27.4. The summed E-state index contributed by atoms with van der Waals surface area (Å²) in [5.74, 6) is -0.793. The highest BCUT2D eigenvalue weighted by Crippen LogP contribution is 2.33. The van der Waals surface area contributed by atoms with Crippen molar-refractivity contribution in [2.24, 2.45) is 5.92 Å². The zero-order valence-electron chi connectivity index (χ0n) is 13.6. The van der Waals surface area contributed by atoms with Crippen molar-refractivity contribution in [2.45, 2.75) is 33.4 Å². The van der Waals surface area contributed by atoms with Crippen molar-refractivity contribution in [1.82, 2.24) is 4.98 Å². The molecule has 0 fully saturated rings. The number of carbonyl (C=O) groups excluding carboxylic acids is 1. The number of alkyl halides is 3. The minimum atomic E-state index is -4.61. The maximum absolute atomic E-state index is 13.2. The van der Waals surface area contributed by atoms with Gasteiger partial charge >= 0.3 is 12.1 Å². The number of fused-ring (bicyclic) bond motifs is 1. The molecule has 1 aromatic heterocycles. The fourth-order valence-electron chi connectivity index (χ4n) is 2.58. The standard InChI is InChI=1S/C17H18F3NO3/c1-4-24-16(23)13-12(8-9(2)3)21-14-10(15(13)22)6-5-7-11(14)17(18,19)20/h5-7,9H,4,8H2,1-3H3,(H,21,22). The number of benzene rings is 1. The van der Waals surface area contributed by atoms with Crippen LogP contribution in [-0.2, 0) is 17.3 Å². The summed E-state index contributed by atoms with van der Waals surface area (Å²) in [6.07, 6.45) is -4.35. The maximum Gasteiger partial charge on any atom is 0.418 e. The lowest BCUT2D eigenvalue weighted by molar-refractivity contribution is -0.136. The van der Waals surface area contributed by atoms with Crippen LogP contribution < -0.4 is 5.43 Å². The van der Waals surface area contributed by atoms with E-state index in [1.807, 2.05) is 13.8 Å². The molecule has 4 nitrogen and oxygen atoms in total. The predicted molar refractivity (Wildman–Crippen MR) is 84.1 cm³/mol. The second-order valence-electron chi connectivity index (χ2n) is 5.85. The van der Waals surface area contributed by atoms with Crippen molar-refractivity contribution in [2.75, 3.05) is 6.61 Å². The van der Waals surface area contributed by atoms with Gasteiger partial charge in [-0.25, -0.2) is 4.79 Å². The molecule has 0 aliphatic heterocycles. The normalized spacial score (nSPS) is 12.0. The molecular formula is C17H18F3NO3. The summed E-state index contributed by atoms with van der Waals surface area (Å²) < 4.78 is 44.5. The number of esters is 1. The van der Waals surface area contributed by atoms with Gasteiger partial charge in [0.05, 0.1) is 17.7 Å². The predicted octanol–water partition coefficient (Wildman–Crippen LogP) is 3.92. The quantitative estimate of drug-likeness (QED) is 0.858. The fraction of sp³-hybridized carbons (Fsp3) is 0.412. The highest BCUT2D eigenvalue weighted by Gasteiger charge is 2.34. The van der Waals surface area contributed by atoms with Crippen LogP contribution in [0, 0.1) is 5.92 Å². The molecule has 0 bridgehead atoms. The molecule has 0 atom stereocenters. The van der Waals surface area contributed by atoms with Crippen LogP contribution in [0.3, 0.4) is 0 Å². The number of pyridine rings is 1. The monoisotopic (exact) mass is 341 g/mol. The van der Waals surface area contributed by atoms with Crippen LogP contribution in [0.2, 0.25) is 0 Å². The first-order valence-electron chi connectivity index (χ1n) is 7.59. The third kappa shape index (κ3) is 3.44. The number of nitrogens with one attached hydrogen (secondary N) is 1. The van der Waals surface area contributed by atoms with Gasteiger partial charge in [0.1, 0.15) is 5.56 Å². The lowest BCUT2D eigenvalue weighted by atomic mass is 9.99. The van der Waals surface area contributed by atoms with E-state index in [0.717, 1.165) is 12.1 Å². The van der Waals surface area contributed by atoms with Crippen molar-refractivity contribution < 1.29 is 22.7 Å². The number of aromatic amines is 1. The maximum atomic E-state index is 13.2. The Hall–Kier alpha value is -2.31. The molecule has 7 heteroatoms. The van der Waals surface area contributed by atoms with Crippen LogP contribution in [0.1, 0.15) is 42.4 Å². The molecule has 1 aromatic carbocycles. The van der Waals surface area contributed by atoms with E-state index in [1.165, 1.54) is 6.07 Å². The van der Waals surface area contributed by atoms with Gasteiger partial charge in [-0.2, -0.15) is 13.2 Å². The minimum absolute atomic E-state index is 0.0318. The zero-order chi connectivity index (χ0) is 18.1. The number of H-pyrrole nitrogens is 1. The first-order chi connectivity index (χ1) is 11.2. The van der Waals surface area contributed by atoms with Gasteiger partial charge in [0.2, 0.25) is 5.43 Å². The highest BCUT2D eigenvalue weighted by atomic mass is 19.4. The summed E-state index contributed by atoms with van der Waals surface area (Å²) in [7, 11) is 0. The third-order valence-electron chi connectivity index (χ3n) is 3.51. The zero-order valence-corrected chi connectivity index (χ0v) is 13.6. The van der Waals surface area contributed by atoms with Gasteiger partial charge in [0.25, 0.3) is 0 Å². The Morgan fingerprint density at radius 2 is 1.96 bits per heavy atom. The third-order valence-corrected chi connectivity index (χ3v) is 3.51. The lowest BCUT2D eigenvalue weighted by Crippen LogP contribution is -2.24. The van der Waals surface area contributed by atoms with Crippen molar-refractivity contribution in [3.63, 3.8) is 0 Å². The Morgan fingerprint density at radius 3 is 2.50 bits per heavy atom. The van der Waals surface area contributed by atoms with Gasteiger partial charge in [0, 0.05) is 11.1 Å². The Bertz CT molecular complexity index is 822. The molecule has 1 N–H and O–H groups in total. The van der Waals surface area contributed by atoms with Crippen LogP contribution in [0.15, 0.2) is 23.0 Å². The Labute approximate surface area is 136 Å². The molecule has 2 aromatic rings. The molecule has 24 heavy (non-hydrogen) atoms. The largest absolute Gasteiger partial charge is 0.462 e. The summed E-state index contributed by atoms with van der Waals surface area (Å²) >= 11 is 0. The van der Waals surface area contributed by atoms with Crippen LogP contribution >= 0.6 is 0 Å². The number of rotatable bonds is 4. The molecule has 0 amide bonds. The first kappa shape index (κ1) is 18.0. The number of hydrogen-bond donors (Lipinski definition) is 1. The molecule has 0 unspecified atom stereocenters. The average molecular weight is 341 g/mol. The fourth-order valence-corrected chi connectivity index (χ4v) is 2.58. The van der Waals surface area contributed by atoms with Gasteiger partial charge in [-0.05, 0) is 31.4 Å². The number of ether oxygens (including phenoxy) is 1. The lowest BCUT2D eigenvalue weighted by Gasteiger charge is -2.15. The van der Waals surface area contributed by atoms with Gasteiger partial charge in [-0.1, -0.05) is 19.9 Å². The van der Waals surface area contributed by atoms with Crippen LogP contribution in [0.5, 0.6) is 0 Å². The SMILES string of the molecule is CCOC(=O)c1c(CC(C)C)[nH]c2c(C(F)(F)F)cccc2c1=O. The minimum Gasteiger partial charge on any atom is -0.462 e. The molecule has 0 aliphatic carbocycles. The van der Waals surface area contributed by atoms with Crippen molar-refractivity contribution in [3.8, 4) is 0 Å². The molecule has 2 rings (SSSR count). The molecular weight excluding hydrogens is 323 g/mol. The van der Waals surface area contributed by atoms with E-state index in [9.17, 15) is 22.8 Å². The number of halogens is 3. The molecule has 0 saturated heterocycles. The van der Waals surface area contributed by atoms with E-state index >= 15 is 0 Å². The summed E-state index contributed by atoms with van der Waals surface area (Å²) in [5, 5.41) is -0.180. The van der Waals surface area contributed by atoms with E-state index < -0.39 is 23.1 Å². The van der Waals surface area contributed by atoms with Gasteiger partial charge in [-0.15, -0.1) is 0 Å². The van der Waals surface area contributed by atoms with E-state index in [0.29, 0.717) is 0 Å². The highest BCUT2D eigenvalue weighted by molar-refractivity contribution is 5.95. The number of carbonyl (C=O) groups is 1. The average Bonchev–Trinajstić information content (AvgIpc) is 2.45. The van der Waals surface area contributed by atoms with E-state index in [-0.39, 0.29) is 41.1 Å². The van der Waals surface area contributed by atoms with Gasteiger partial charge < -0.3 is 9.72 Å². The first-order valence-corrected chi connectivity index (χ1v) is 7.59. The Balaban J connectivity index is 2.85. The van der Waals surface area contributed by atoms with E-state index in [1.54, 1.807) is 6.92 Å². The Morgan fingerprint density at radius 1 is 1.29 bits per heavy atom. The number of aromatic nitrogens is 1. The van der Waals surface area contributed by atoms with E-state index in [4.69, 9.17) is 4.74 Å². The topological polar surface area (TPSA) is 59.2 Å². The van der Waals surface area contributed by atoms with Crippen molar-refractivity contribution in [1.29, 1.82) is 0 Å². The molecule has 1 heterocycles. The number of hydrogen-bond acceptors (Lipinski definition) is 3. The smallest absolute Gasteiger partial charge is 0.418 e. The summed E-state index contributed by atoms with van der Waals surface area (Å²) in [5.41, 5.74) is -2.05. The summed E-state index contributed by atoms with van der Waals surface area (Å²) in [6, 6.07) is 3.32. The molecule has 0 aliphatic rings. The van der Waals surface area contributed by atoms with Crippen molar-refractivity contribution >= 4 is 16.9 Å². The Kier molecular flexibility index (Phi) is 5.01. The number of para-hydroxylation sites is 1. The van der Waals surface area contributed by atoms with Crippen LogP contribution in [0.25, 0.3) is 10.9 Å². The molecule has 130 valence electrons. The molecule has 0 radical (unpaired) electrons. The second kappa shape index (κ2) is 6.67. The molecule has 0 saturated carbocycles. The van der Waals surface area contributed by atoms with Crippen molar-refractivity contribution in [3.05, 3.63) is 45.2 Å². The van der Waals surface area contributed by atoms with Crippen LogP contribution in [0.4, 0.5) is 13.2 Å². The van der Waals surface area contributed by atoms with Crippen LogP contribution in [-0.4, -0.2) is 17.6 Å². The molecule has 0 spiro atoms. The van der Waals surface area contributed by atoms with E-state index in [2.05, 4.69) is 4.98 Å². The van der Waals surface area contributed by atoms with Gasteiger partial charge in [0.15, 0.2) is 0 Å². The van der Waals surface area contributed by atoms with Gasteiger partial charge in [-0.3, -0.25) is 4.79 Å². The summed E-state index contributed by atoms with van der Waals surface area (Å²) in [6.45, 7) is 5.34. The second-order valence-corrected chi connectivity index (χ2v) is 5.85.